The molecule has 0 aliphatic carbocycles. The maximum absolute atomic E-state index is 11.6. The molecule has 0 aliphatic heterocycles. The summed E-state index contributed by atoms with van der Waals surface area (Å²) in [5, 5.41) is 22.8. The molecule has 2 aromatic carbocycles. The molecule has 0 atom stereocenters. The SMILES string of the molecule is O=C(O)Cc1c(C(=O)O)nn(-c2ccccc2)c1-c1ccccc1. The second-order valence-electron chi connectivity index (χ2n) is 5.16. The number of rotatable bonds is 5. The molecule has 0 aliphatic rings. The number of hydrogen-bond acceptors (Lipinski definition) is 3. The Balaban J connectivity index is 2.33. The number of carboxylic acid groups (broad SMARTS) is 2. The molecule has 0 radical (unpaired) electrons. The third-order valence-corrected chi connectivity index (χ3v) is 3.56. The number of aromatic carboxylic acids is 1. The van der Waals surface area contributed by atoms with E-state index in [-0.39, 0.29) is 11.3 Å². The van der Waals surface area contributed by atoms with Crippen molar-refractivity contribution in [3.63, 3.8) is 0 Å². The van der Waals surface area contributed by atoms with Crippen LogP contribution in [-0.4, -0.2) is 31.9 Å². The van der Waals surface area contributed by atoms with Crippen molar-refractivity contribution < 1.29 is 19.8 Å². The maximum Gasteiger partial charge on any atom is 0.356 e. The average molecular weight is 322 g/mol. The van der Waals surface area contributed by atoms with Crippen molar-refractivity contribution in [2.75, 3.05) is 0 Å². The zero-order valence-corrected chi connectivity index (χ0v) is 12.6. The smallest absolute Gasteiger partial charge is 0.356 e. The Hall–Kier alpha value is -3.41. The van der Waals surface area contributed by atoms with E-state index in [1.165, 1.54) is 4.68 Å². The molecule has 6 heteroatoms. The van der Waals surface area contributed by atoms with Crippen molar-refractivity contribution in [3.05, 3.63) is 71.9 Å². The number of carboxylic acids is 2. The molecule has 120 valence electrons. The van der Waals surface area contributed by atoms with Crippen LogP contribution in [0.4, 0.5) is 0 Å². The fraction of sp³-hybridized carbons (Fsp3) is 0.0556. The minimum absolute atomic E-state index is 0.185. The first-order valence-electron chi connectivity index (χ1n) is 7.25. The number of carbonyl (C=O) groups is 2. The Morgan fingerprint density at radius 3 is 2.04 bits per heavy atom. The van der Waals surface area contributed by atoms with Gasteiger partial charge in [-0.1, -0.05) is 48.5 Å². The molecule has 1 heterocycles. The summed E-state index contributed by atoms with van der Waals surface area (Å²) in [6, 6.07) is 18.1. The largest absolute Gasteiger partial charge is 0.481 e. The van der Waals surface area contributed by atoms with Gasteiger partial charge in [0.25, 0.3) is 0 Å². The Labute approximate surface area is 137 Å². The van der Waals surface area contributed by atoms with E-state index in [0.717, 1.165) is 0 Å². The van der Waals surface area contributed by atoms with Crippen molar-refractivity contribution in [3.8, 4) is 16.9 Å². The van der Waals surface area contributed by atoms with Crippen molar-refractivity contribution in [2.24, 2.45) is 0 Å². The van der Waals surface area contributed by atoms with Gasteiger partial charge < -0.3 is 10.2 Å². The van der Waals surface area contributed by atoms with Gasteiger partial charge >= 0.3 is 11.9 Å². The van der Waals surface area contributed by atoms with Crippen LogP contribution in [0.3, 0.4) is 0 Å². The lowest BCUT2D eigenvalue weighted by Gasteiger charge is -2.09. The molecule has 3 aromatic rings. The van der Waals surface area contributed by atoms with E-state index in [1.54, 1.807) is 24.3 Å². The minimum Gasteiger partial charge on any atom is -0.481 e. The Morgan fingerprint density at radius 1 is 0.917 bits per heavy atom. The monoisotopic (exact) mass is 322 g/mol. The quantitative estimate of drug-likeness (QED) is 0.753. The molecule has 1 aromatic heterocycles. The summed E-state index contributed by atoms with van der Waals surface area (Å²) in [5.74, 6) is -2.36. The summed E-state index contributed by atoms with van der Waals surface area (Å²) in [6.07, 6.45) is -0.418. The van der Waals surface area contributed by atoms with Crippen LogP contribution >= 0.6 is 0 Å². The van der Waals surface area contributed by atoms with Crippen molar-refractivity contribution >= 4 is 11.9 Å². The molecule has 6 nitrogen and oxygen atoms in total. The summed E-state index contributed by atoms with van der Waals surface area (Å²) in [7, 11) is 0. The standard InChI is InChI=1S/C18H14N2O4/c21-15(22)11-14-16(18(23)24)19-20(13-9-5-2-6-10-13)17(14)12-7-3-1-4-8-12/h1-10H,11H2,(H,21,22)(H,23,24). The molecule has 0 bridgehead atoms. The second kappa shape index (κ2) is 6.37. The van der Waals surface area contributed by atoms with Gasteiger partial charge in [0.15, 0.2) is 5.69 Å². The van der Waals surface area contributed by atoms with E-state index in [2.05, 4.69) is 5.10 Å². The van der Waals surface area contributed by atoms with E-state index in [1.807, 2.05) is 36.4 Å². The number of nitrogens with zero attached hydrogens (tertiary/aromatic N) is 2. The third-order valence-electron chi connectivity index (χ3n) is 3.56. The Morgan fingerprint density at radius 2 is 1.50 bits per heavy atom. The topological polar surface area (TPSA) is 92.4 Å². The predicted octanol–water partition coefficient (Wildman–Crippen LogP) is 2.86. The molecule has 0 amide bonds. The van der Waals surface area contributed by atoms with Crippen LogP contribution in [0.5, 0.6) is 0 Å². The molecular weight excluding hydrogens is 308 g/mol. The molecule has 0 spiro atoms. The molecule has 2 N–H and O–H groups in total. The highest BCUT2D eigenvalue weighted by Crippen LogP contribution is 2.29. The first-order valence-corrected chi connectivity index (χ1v) is 7.25. The number of aromatic nitrogens is 2. The van der Waals surface area contributed by atoms with Crippen LogP contribution in [0.1, 0.15) is 16.1 Å². The van der Waals surface area contributed by atoms with Crippen LogP contribution in [-0.2, 0) is 11.2 Å². The van der Waals surface area contributed by atoms with Gasteiger partial charge in [-0.2, -0.15) is 5.10 Å². The molecule has 0 saturated heterocycles. The first kappa shape index (κ1) is 15.5. The summed E-state index contributed by atoms with van der Waals surface area (Å²) >= 11 is 0. The molecular formula is C18H14N2O4. The van der Waals surface area contributed by atoms with Crippen LogP contribution in [0, 0.1) is 0 Å². The van der Waals surface area contributed by atoms with Crippen LogP contribution in [0.25, 0.3) is 16.9 Å². The number of para-hydroxylation sites is 1. The molecule has 0 unspecified atom stereocenters. The van der Waals surface area contributed by atoms with E-state index in [9.17, 15) is 19.8 Å². The summed E-state index contributed by atoms with van der Waals surface area (Å²) in [6.45, 7) is 0. The van der Waals surface area contributed by atoms with Crippen molar-refractivity contribution in [1.29, 1.82) is 0 Å². The average Bonchev–Trinajstić information content (AvgIpc) is 2.95. The lowest BCUT2D eigenvalue weighted by molar-refractivity contribution is -0.136. The maximum atomic E-state index is 11.6. The Kier molecular flexibility index (Phi) is 4.11. The summed E-state index contributed by atoms with van der Waals surface area (Å²) in [5.41, 5.74) is 1.78. The van der Waals surface area contributed by atoms with Gasteiger partial charge in [0.05, 0.1) is 17.8 Å². The van der Waals surface area contributed by atoms with Crippen LogP contribution in [0.2, 0.25) is 0 Å². The highest BCUT2D eigenvalue weighted by atomic mass is 16.4. The highest BCUT2D eigenvalue weighted by Gasteiger charge is 2.25. The van der Waals surface area contributed by atoms with E-state index < -0.39 is 18.4 Å². The molecule has 3 rings (SSSR count). The van der Waals surface area contributed by atoms with Gasteiger partial charge in [-0.05, 0) is 12.1 Å². The van der Waals surface area contributed by atoms with Gasteiger partial charge in [0.2, 0.25) is 0 Å². The number of hydrogen-bond donors (Lipinski definition) is 2. The fourth-order valence-corrected chi connectivity index (χ4v) is 2.59. The Bertz CT molecular complexity index is 886. The van der Waals surface area contributed by atoms with Crippen molar-refractivity contribution in [1.82, 2.24) is 9.78 Å². The van der Waals surface area contributed by atoms with E-state index in [0.29, 0.717) is 16.9 Å². The third kappa shape index (κ3) is 2.89. The van der Waals surface area contributed by atoms with Gasteiger partial charge in [0.1, 0.15) is 0 Å². The lowest BCUT2D eigenvalue weighted by atomic mass is 10.0. The van der Waals surface area contributed by atoms with Gasteiger partial charge in [-0.25, -0.2) is 9.48 Å². The lowest BCUT2D eigenvalue weighted by Crippen LogP contribution is -2.07. The van der Waals surface area contributed by atoms with Gasteiger partial charge in [-0.3, -0.25) is 4.79 Å². The van der Waals surface area contributed by atoms with Gasteiger partial charge in [0, 0.05) is 11.1 Å². The first-order chi connectivity index (χ1) is 11.6. The second-order valence-corrected chi connectivity index (χ2v) is 5.16. The highest BCUT2D eigenvalue weighted by molar-refractivity contribution is 5.92. The number of aliphatic carboxylic acids is 1. The van der Waals surface area contributed by atoms with Crippen molar-refractivity contribution in [2.45, 2.75) is 6.42 Å². The predicted molar refractivity (Wildman–Crippen MR) is 87.3 cm³/mol. The van der Waals surface area contributed by atoms with E-state index in [4.69, 9.17) is 0 Å². The fourth-order valence-electron chi connectivity index (χ4n) is 2.59. The summed E-state index contributed by atoms with van der Waals surface area (Å²) < 4.78 is 1.48. The van der Waals surface area contributed by atoms with Crippen LogP contribution < -0.4 is 0 Å². The zero-order chi connectivity index (χ0) is 17.1. The van der Waals surface area contributed by atoms with Gasteiger partial charge in [-0.15, -0.1) is 0 Å². The number of benzene rings is 2. The van der Waals surface area contributed by atoms with E-state index >= 15 is 0 Å². The van der Waals surface area contributed by atoms with Crippen LogP contribution in [0.15, 0.2) is 60.7 Å². The zero-order valence-electron chi connectivity index (χ0n) is 12.6. The molecule has 0 fully saturated rings. The molecule has 24 heavy (non-hydrogen) atoms. The minimum atomic E-state index is -1.25. The molecule has 0 saturated carbocycles. The normalized spacial score (nSPS) is 10.5. The summed E-state index contributed by atoms with van der Waals surface area (Å²) in [4.78, 5) is 22.8.